The van der Waals surface area contributed by atoms with E-state index in [9.17, 15) is 18.0 Å². The Bertz CT molecular complexity index is 1170. The van der Waals surface area contributed by atoms with E-state index >= 15 is 0 Å². The smallest absolute Gasteiger partial charge is 0.362 e. The van der Waals surface area contributed by atoms with Crippen LogP contribution in [0.2, 0.25) is 5.02 Å². The summed E-state index contributed by atoms with van der Waals surface area (Å²) in [5.74, 6) is -1.51. The first-order chi connectivity index (χ1) is 13.3. The molecule has 144 valence electrons. The fourth-order valence-electron chi connectivity index (χ4n) is 2.26. The molecule has 0 fully saturated rings. The van der Waals surface area contributed by atoms with Crippen LogP contribution in [0, 0.1) is 0 Å². The van der Waals surface area contributed by atoms with Crippen LogP contribution >= 0.6 is 11.6 Å². The van der Waals surface area contributed by atoms with Crippen LogP contribution in [0.3, 0.4) is 0 Å². The maximum atomic E-state index is 12.5. The van der Waals surface area contributed by atoms with Gasteiger partial charge in [-0.1, -0.05) is 29.8 Å². The fraction of sp³-hybridized carbons (Fsp3) is 0.0556. The number of ether oxygens (including phenoxy) is 1. The summed E-state index contributed by atoms with van der Waals surface area (Å²) in [6.45, 7) is 0. The van der Waals surface area contributed by atoms with Crippen molar-refractivity contribution in [2.24, 2.45) is 0 Å². The Morgan fingerprint density at radius 1 is 1.07 bits per heavy atom. The van der Waals surface area contributed by atoms with E-state index in [1.807, 2.05) is 0 Å². The molecule has 0 aliphatic rings. The van der Waals surface area contributed by atoms with Gasteiger partial charge in [0.25, 0.3) is 5.56 Å². The normalized spacial score (nSPS) is 11.1. The number of nitrogens with zero attached hydrogens (tertiary/aromatic N) is 2. The first-order valence-electron chi connectivity index (χ1n) is 7.80. The highest BCUT2D eigenvalue weighted by Gasteiger charge is 2.25. The number of benzene rings is 2. The van der Waals surface area contributed by atoms with Gasteiger partial charge in [-0.3, -0.25) is 4.79 Å². The predicted octanol–water partition coefficient (Wildman–Crippen LogP) is 2.44. The summed E-state index contributed by atoms with van der Waals surface area (Å²) >= 11 is 5.83. The molecule has 3 rings (SSSR count). The molecule has 1 heterocycles. The minimum Gasteiger partial charge on any atom is -0.464 e. The Hall–Kier alpha value is -3.17. The third-order valence-electron chi connectivity index (χ3n) is 3.58. The Balaban J connectivity index is 2.11. The minimum absolute atomic E-state index is 0.146. The number of carbonyl (C=O) groups excluding carboxylic acids is 1. The molecule has 0 saturated heterocycles. The third kappa shape index (κ3) is 4.05. The largest absolute Gasteiger partial charge is 0.464 e. The topological polar surface area (TPSA) is 105 Å². The lowest BCUT2D eigenvalue weighted by molar-refractivity contribution is 0.0589. The van der Waals surface area contributed by atoms with Crippen molar-refractivity contribution in [3.63, 3.8) is 0 Å². The Morgan fingerprint density at radius 2 is 1.71 bits per heavy atom. The van der Waals surface area contributed by atoms with Gasteiger partial charge in [0, 0.05) is 5.02 Å². The summed E-state index contributed by atoms with van der Waals surface area (Å²) in [5, 5.41) is 4.36. The monoisotopic (exact) mass is 420 g/mol. The minimum atomic E-state index is -4.29. The Labute approximate surface area is 165 Å². The number of hydrogen-bond acceptors (Lipinski definition) is 7. The molecule has 0 spiro atoms. The van der Waals surface area contributed by atoms with Gasteiger partial charge in [-0.25, -0.2) is 4.79 Å². The SMILES string of the molecule is COC(=O)c1nn(-c2ccc(Cl)cc2)c(=O)cc1OS(=O)(=O)c1ccccc1. The highest BCUT2D eigenvalue weighted by molar-refractivity contribution is 7.87. The van der Waals surface area contributed by atoms with Crippen LogP contribution in [-0.4, -0.2) is 31.3 Å². The first kappa shape index (κ1) is 19.6. The van der Waals surface area contributed by atoms with Crippen LogP contribution in [0.4, 0.5) is 0 Å². The molecule has 0 aliphatic heterocycles. The van der Waals surface area contributed by atoms with Gasteiger partial charge in [-0.15, -0.1) is 0 Å². The summed E-state index contributed by atoms with van der Waals surface area (Å²) in [4.78, 5) is 24.4. The predicted molar refractivity (Wildman–Crippen MR) is 100 cm³/mol. The van der Waals surface area contributed by atoms with Crippen LogP contribution < -0.4 is 9.74 Å². The van der Waals surface area contributed by atoms with Crippen molar-refractivity contribution < 1.29 is 22.1 Å². The summed E-state index contributed by atoms with van der Waals surface area (Å²) in [5.41, 5.74) is -0.873. The van der Waals surface area contributed by atoms with E-state index in [0.29, 0.717) is 10.7 Å². The van der Waals surface area contributed by atoms with Crippen molar-refractivity contribution in [2.75, 3.05) is 7.11 Å². The fourth-order valence-corrected chi connectivity index (χ4v) is 3.34. The number of carbonyl (C=O) groups is 1. The van der Waals surface area contributed by atoms with E-state index in [1.54, 1.807) is 6.07 Å². The molecule has 0 N–H and O–H groups in total. The molecule has 8 nitrogen and oxygen atoms in total. The lowest BCUT2D eigenvalue weighted by Crippen LogP contribution is -2.25. The second kappa shape index (κ2) is 7.83. The van der Waals surface area contributed by atoms with Gasteiger partial charge in [0.1, 0.15) is 4.90 Å². The van der Waals surface area contributed by atoms with Crippen molar-refractivity contribution in [1.82, 2.24) is 9.78 Å². The van der Waals surface area contributed by atoms with E-state index in [4.69, 9.17) is 15.8 Å². The van der Waals surface area contributed by atoms with Crippen LogP contribution in [0.25, 0.3) is 5.69 Å². The maximum Gasteiger partial charge on any atom is 0.362 e. The molecule has 0 atom stereocenters. The molecule has 0 bridgehead atoms. The third-order valence-corrected chi connectivity index (χ3v) is 5.08. The molecule has 0 saturated carbocycles. The second-order valence-electron chi connectivity index (χ2n) is 5.43. The number of methoxy groups -OCH3 is 1. The molecule has 1 aromatic heterocycles. The van der Waals surface area contributed by atoms with Crippen LogP contribution in [0.1, 0.15) is 10.5 Å². The zero-order valence-electron chi connectivity index (χ0n) is 14.4. The lowest BCUT2D eigenvalue weighted by Gasteiger charge is -2.12. The van der Waals surface area contributed by atoms with Crippen LogP contribution in [0.15, 0.2) is 70.4 Å². The molecule has 0 aliphatic carbocycles. The molecule has 28 heavy (non-hydrogen) atoms. The van der Waals surface area contributed by atoms with Gasteiger partial charge in [0.15, 0.2) is 5.75 Å². The van der Waals surface area contributed by atoms with Crippen molar-refractivity contribution in [3.05, 3.63) is 81.7 Å². The number of rotatable bonds is 5. The van der Waals surface area contributed by atoms with E-state index in [2.05, 4.69) is 9.84 Å². The molecule has 3 aromatic rings. The Morgan fingerprint density at radius 3 is 2.32 bits per heavy atom. The van der Waals surface area contributed by atoms with Gasteiger partial charge in [0.2, 0.25) is 5.69 Å². The van der Waals surface area contributed by atoms with Crippen molar-refractivity contribution in [1.29, 1.82) is 0 Å². The highest BCUT2D eigenvalue weighted by atomic mass is 35.5. The van der Waals surface area contributed by atoms with Gasteiger partial charge in [-0.05, 0) is 36.4 Å². The zero-order valence-corrected chi connectivity index (χ0v) is 16.0. The lowest BCUT2D eigenvalue weighted by atomic mass is 10.3. The first-order valence-corrected chi connectivity index (χ1v) is 9.58. The van der Waals surface area contributed by atoms with E-state index in [-0.39, 0.29) is 4.90 Å². The average molecular weight is 421 g/mol. The van der Waals surface area contributed by atoms with E-state index in [0.717, 1.165) is 17.9 Å². The van der Waals surface area contributed by atoms with Gasteiger partial charge in [-0.2, -0.15) is 18.2 Å². The van der Waals surface area contributed by atoms with Crippen LogP contribution in [-0.2, 0) is 14.9 Å². The van der Waals surface area contributed by atoms with E-state index < -0.39 is 33.1 Å². The van der Waals surface area contributed by atoms with Crippen molar-refractivity contribution >= 4 is 27.7 Å². The highest BCUT2D eigenvalue weighted by Crippen LogP contribution is 2.22. The Kier molecular flexibility index (Phi) is 5.48. The molecular formula is C18H13ClN2O6S. The molecule has 0 unspecified atom stereocenters. The molecule has 0 amide bonds. The number of aromatic nitrogens is 2. The molecule has 2 aromatic carbocycles. The van der Waals surface area contributed by atoms with Crippen molar-refractivity contribution in [2.45, 2.75) is 4.90 Å². The van der Waals surface area contributed by atoms with E-state index in [1.165, 1.54) is 48.5 Å². The van der Waals surface area contributed by atoms with Gasteiger partial charge >= 0.3 is 16.1 Å². The summed E-state index contributed by atoms with van der Waals surface area (Å²) in [6.07, 6.45) is 0. The standard InChI is InChI=1S/C18H13ClN2O6S/c1-26-18(23)17-15(27-28(24,25)14-5-3-2-4-6-14)11-16(22)21(20-17)13-9-7-12(19)8-10-13/h2-11H,1H3. The van der Waals surface area contributed by atoms with Gasteiger partial charge in [0.05, 0.1) is 18.9 Å². The maximum absolute atomic E-state index is 12.5. The van der Waals surface area contributed by atoms with Gasteiger partial charge < -0.3 is 8.92 Å². The summed E-state index contributed by atoms with van der Waals surface area (Å²) < 4.78 is 35.4. The summed E-state index contributed by atoms with van der Waals surface area (Å²) in [7, 11) is -3.20. The average Bonchev–Trinajstić information content (AvgIpc) is 2.69. The number of hydrogen-bond donors (Lipinski definition) is 0. The zero-order chi connectivity index (χ0) is 20.3. The quantitative estimate of drug-likeness (QED) is 0.461. The number of halogens is 1. The molecule has 10 heteroatoms. The summed E-state index contributed by atoms with van der Waals surface area (Å²) in [6, 6.07) is 14.2. The molecular weight excluding hydrogens is 408 g/mol. The molecule has 0 radical (unpaired) electrons. The number of esters is 1. The van der Waals surface area contributed by atoms with Crippen molar-refractivity contribution in [3.8, 4) is 11.4 Å². The van der Waals surface area contributed by atoms with Crippen LogP contribution in [0.5, 0.6) is 5.75 Å². The second-order valence-corrected chi connectivity index (χ2v) is 7.41.